The zero-order valence-corrected chi connectivity index (χ0v) is 23.6. The molecule has 2 saturated carbocycles. The van der Waals surface area contributed by atoms with Crippen LogP contribution in [0.15, 0.2) is 34.1 Å². The van der Waals surface area contributed by atoms with Crippen molar-refractivity contribution in [3.8, 4) is 11.5 Å². The minimum Gasteiger partial charge on any atom is -0.504 e. The number of thiophene rings is 1. The molecule has 3 fully saturated rings. The molecule has 37 heavy (non-hydrogen) atoms. The van der Waals surface area contributed by atoms with Gasteiger partial charge in [0.2, 0.25) is 5.91 Å². The van der Waals surface area contributed by atoms with Gasteiger partial charge in [0.1, 0.15) is 5.60 Å². The fraction of sp³-hybridized carbons (Fsp3) is 0.552. The Morgan fingerprint density at radius 3 is 2.86 bits per heavy atom. The highest BCUT2D eigenvalue weighted by Gasteiger charge is 2.78. The van der Waals surface area contributed by atoms with Crippen LogP contribution < -0.4 is 4.74 Å². The van der Waals surface area contributed by atoms with E-state index in [1.54, 1.807) is 28.4 Å². The predicted octanol–water partition coefficient (Wildman–Crippen LogP) is 4.71. The van der Waals surface area contributed by atoms with Crippen LogP contribution in [0.25, 0.3) is 6.08 Å². The summed E-state index contributed by atoms with van der Waals surface area (Å²) in [5.41, 5.74) is -0.342. The number of piperidine rings is 1. The number of phenolic OH excluding ortho intramolecular Hbond substituents is 1. The number of hydrogen-bond donors (Lipinski definition) is 2. The van der Waals surface area contributed by atoms with Crippen LogP contribution in [0.2, 0.25) is 0 Å². The summed E-state index contributed by atoms with van der Waals surface area (Å²) >= 11 is 5.05. The Kier molecular flexibility index (Phi) is 5.28. The SMILES string of the molecule is CN(C(=O)/C=C/c1cc(Br)cs1)[C@H]1CC[C@@]2(O)[C@H]3Cc4ccc(O)c5c4[C@@]2(CCN3CC2CC2)[C@@]1(C)O5. The second kappa shape index (κ2) is 8.07. The molecule has 2 bridgehead atoms. The third-order valence-corrected chi connectivity index (χ3v) is 11.8. The summed E-state index contributed by atoms with van der Waals surface area (Å²) in [5, 5.41) is 25.7. The molecule has 7 rings (SSSR count). The maximum absolute atomic E-state index is 13.4. The summed E-state index contributed by atoms with van der Waals surface area (Å²) in [4.78, 5) is 18.8. The van der Waals surface area contributed by atoms with E-state index in [1.807, 2.05) is 30.6 Å². The first-order valence-corrected chi connectivity index (χ1v) is 15.0. The Bertz CT molecular complexity index is 1320. The molecule has 0 unspecified atom stereocenters. The topological polar surface area (TPSA) is 73.2 Å². The van der Waals surface area contributed by atoms with E-state index in [0.717, 1.165) is 46.8 Å². The standard InChI is InChI=1S/C29H33BrN2O4S/c1-27-22(31(2)24(34)8-6-20-14-19(30)16-37-20)9-10-29(35)23-13-18-5-7-21(33)26(36-27)25(18)28(27,29)11-12-32(23)15-17-3-4-17/h5-8,14,16-17,22-23,33,35H,3-4,9-13,15H2,1-2H3/b8-6+/t22-,23+,27-,28-,29+/m0/s1. The molecule has 5 atom stereocenters. The molecular weight excluding hydrogens is 552 g/mol. The average Bonchev–Trinajstić information content (AvgIpc) is 3.50. The van der Waals surface area contributed by atoms with Gasteiger partial charge >= 0.3 is 0 Å². The predicted molar refractivity (Wildman–Crippen MR) is 147 cm³/mol. The van der Waals surface area contributed by atoms with Gasteiger partial charge in [-0.05, 0) is 97.6 Å². The molecule has 2 aromatic rings. The minimum absolute atomic E-state index is 0.0203. The number of likely N-dealkylation sites (N-methyl/N-ethyl adjacent to an activating group) is 1. The van der Waals surface area contributed by atoms with E-state index in [2.05, 4.69) is 27.8 Å². The number of carbonyl (C=O) groups is 1. The van der Waals surface area contributed by atoms with Gasteiger partial charge in [0, 0.05) is 46.0 Å². The fourth-order valence-electron chi connectivity index (χ4n) is 8.32. The quantitative estimate of drug-likeness (QED) is 0.498. The lowest BCUT2D eigenvalue weighted by Gasteiger charge is -2.68. The van der Waals surface area contributed by atoms with Gasteiger partial charge in [-0.15, -0.1) is 11.3 Å². The summed E-state index contributed by atoms with van der Waals surface area (Å²) in [5.74, 6) is 1.30. The summed E-state index contributed by atoms with van der Waals surface area (Å²) in [6.45, 7) is 4.02. The normalized spacial score (nSPS) is 35.9. The Labute approximate surface area is 230 Å². The van der Waals surface area contributed by atoms with Crippen LogP contribution >= 0.6 is 27.3 Å². The van der Waals surface area contributed by atoms with Crippen molar-refractivity contribution in [2.45, 2.75) is 74.1 Å². The highest BCUT2D eigenvalue weighted by atomic mass is 79.9. The van der Waals surface area contributed by atoms with E-state index < -0.39 is 16.6 Å². The number of nitrogens with zero attached hydrogens (tertiary/aromatic N) is 2. The molecule has 1 spiro atoms. The molecule has 0 radical (unpaired) electrons. The van der Waals surface area contributed by atoms with Crippen molar-refractivity contribution >= 4 is 39.2 Å². The Morgan fingerprint density at radius 1 is 1.32 bits per heavy atom. The van der Waals surface area contributed by atoms with Gasteiger partial charge in [0.25, 0.3) is 0 Å². The summed E-state index contributed by atoms with van der Waals surface area (Å²) in [6.07, 6.45) is 8.84. The molecule has 5 aliphatic rings. The summed E-state index contributed by atoms with van der Waals surface area (Å²) < 4.78 is 7.79. The van der Waals surface area contributed by atoms with Gasteiger partial charge in [0.05, 0.1) is 17.1 Å². The zero-order valence-electron chi connectivity index (χ0n) is 21.2. The number of benzene rings is 1. The number of likely N-dealkylation sites (tertiary alicyclic amines) is 1. The zero-order chi connectivity index (χ0) is 25.7. The van der Waals surface area contributed by atoms with Crippen molar-refractivity contribution in [1.29, 1.82) is 0 Å². The minimum atomic E-state index is -0.972. The van der Waals surface area contributed by atoms with Crippen molar-refractivity contribution in [3.63, 3.8) is 0 Å². The number of phenols is 1. The molecule has 1 aromatic carbocycles. The molecule has 1 amide bonds. The fourth-order valence-corrected chi connectivity index (χ4v) is 9.65. The molecule has 196 valence electrons. The van der Waals surface area contributed by atoms with Crippen molar-refractivity contribution in [2.24, 2.45) is 5.92 Å². The number of halogens is 1. The first-order valence-electron chi connectivity index (χ1n) is 13.4. The first-order chi connectivity index (χ1) is 17.7. The molecule has 8 heteroatoms. The van der Waals surface area contributed by atoms with E-state index >= 15 is 0 Å². The van der Waals surface area contributed by atoms with Crippen LogP contribution in [0.3, 0.4) is 0 Å². The maximum atomic E-state index is 13.4. The number of aliphatic hydroxyl groups is 1. The maximum Gasteiger partial charge on any atom is 0.246 e. The molecule has 1 saturated heterocycles. The third-order valence-electron chi connectivity index (χ3n) is 10.1. The van der Waals surface area contributed by atoms with Crippen LogP contribution in [0.1, 0.15) is 55.0 Å². The van der Waals surface area contributed by atoms with Crippen molar-refractivity contribution in [2.75, 3.05) is 20.1 Å². The lowest BCUT2D eigenvalue weighted by molar-refractivity contribution is -0.229. The first kappa shape index (κ1) is 24.2. The van der Waals surface area contributed by atoms with Gasteiger partial charge in [-0.25, -0.2) is 0 Å². The highest BCUT2D eigenvalue weighted by Crippen LogP contribution is 2.69. The summed E-state index contributed by atoms with van der Waals surface area (Å²) in [6, 6.07) is 5.54. The molecular formula is C29H33BrN2O4S. The number of amides is 1. The van der Waals surface area contributed by atoms with Gasteiger partial charge in [-0.3, -0.25) is 9.69 Å². The number of ether oxygens (including phenoxy) is 1. The number of hydrogen-bond acceptors (Lipinski definition) is 6. The lowest BCUT2D eigenvalue weighted by Crippen LogP contribution is -2.82. The number of rotatable bonds is 5. The second-order valence-corrected chi connectivity index (χ2v) is 13.8. The van der Waals surface area contributed by atoms with Crippen LogP contribution in [0.4, 0.5) is 0 Å². The van der Waals surface area contributed by atoms with Gasteiger partial charge in [0.15, 0.2) is 11.5 Å². The average molecular weight is 586 g/mol. The van der Waals surface area contributed by atoms with E-state index in [9.17, 15) is 15.0 Å². The number of carbonyl (C=O) groups excluding carboxylic acids is 1. The highest BCUT2D eigenvalue weighted by molar-refractivity contribution is 9.10. The molecule has 3 aliphatic carbocycles. The Balaban J connectivity index is 1.30. The van der Waals surface area contributed by atoms with E-state index in [-0.39, 0.29) is 23.7 Å². The van der Waals surface area contributed by atoms with E-state index in [4.69, 9.17) is 4.74 Å². The molecule has 3 heterocycles. The van der Waals surface area contributed by atoms with Crippen LogP contribution in [-0.4, -0.2) is 69.3 Å². The van der Waals surface area contributed by atoms with E-state index in [1.165, 1.54) is 18.4 Å². The third kappa shape index (κ3) is 3.19. The largest absolute Gasteiger partial charge is 0.504 e. The van der Waals surface area contributed by atoms with E-state index in [0.29, 0.717) is 18.6 Å². The van der Waals surface area contributed by atoms with Crippen molar-refractivity contribution in [3.05, 3.63) is 50.1 Å². The molecule has 2 N–H and O–H groups in total. The number of aromatic hydroxyl groups is 1. The van der Waals surface area contributed by atoms with Gasteiger partial charge in [-0.2, -0.15) is 0 Å². The van der Waals surface area contributed by atoms with Gasteiger partial charge in [-0.1, -0.05) is 6.07 Å². The van der Waals surface area contributed by atoms with Crippen LogP contribution in [0.5, 0.6) is 11.5 Å². The molecule has 1 aromatic heterocycles. The second-order valence-electron chi connectivity index (χ2n) is 11.9. The summed E-state index contributed by atoms with van der Waals surface area (Å²) in [7, 11) is 1.85. The lowest BCUT2D eigenvalue weighted by atomic mass is 9.44. The van der Waals surface area contributed by atoms with Crippen LogP contribution in [-0.2, 0) is 16.6 Å². The monoisotopic (exact) mass is 584 g/mol. The van der Waals surface area contributed by atoms with Crippen molar-refractivity contribution < 1.29 is 19.7 Å². The smallest absolute Gasteiger partial charge is 0.246 e. The van der Waals surface area contributed by atoms with Gasteiger partial charge < -0.3 is 19.8 Å². The Hall–Kier alpha value is -1.87. The molecule has 6 nitrogen and oxygen atoms in total. The molecule has 2 aliphatic heterocycles. The van der Waals surface area contributed by atoms with Crippen LogP contribution in [0, 0.1) is 5.92 Å². The Morgan fingerprint density at radius 2 is 2.14 bits per heavy atom. The van der Waals surface area contributed by atoms with Crippen molar-refractivity contribution in [1.82, 2.24) is 9.80 Å².